The van der Waals surface area contributed by atoms with E-state index in [4.69, 9.17) is 0 Å². The van der Waals surface area contributed by atoms with Crippen molar-refractivity contribution >= 4 is 19.5 Å². The van der Waals surface area contributed by atoms with Crippen LogP contribution in [-0.4, -0.2) is 19.6 Å². The van der Waals surface area contributed by atoms with Crippen LogP contribution in [0, 0.1) is 6.92 Å². The maximum atomic E-state index is 2.42. The molecule has 2 rings (SSSR count). The normalized spacial score (nSPS) is 14.6. The molecule has 1 aromatic rings. The standard InChI is InChI=1S/C10H15N2Se/c1-3-13-10-8-9(2)11-6-4-5-7-12(10)11/h4-5,8H,3,6-7H2,1-2H3/q+1. The van der Waals surface area contributed by atoms with E-state index in [1.807, 2.05) is 0 Å². The second kappa shape index (κ2) is 3.69. The van der Waals surface area contributed by atoms with Gasteiger partial charge in [-0.25, -0.2) is 0 Å². The Bertz CT molecular complexity index is 339. The predicted octanol–water partition coefficient (Wildman–Crippen LogP) is 0.422. The van der Waals surface area contributed by atoms with Crippen LogP contribution in [0.1, 0.15) is 12.6 Å². The molecule has 0 amide bonds. The molecule has 0 bridgehead atoms. The van der Waals surface area contributed by atoms with Gasteiger partial charge in [-0.2, -0.15) is 0 Å². The first-order chi connectivity index (χ1) is 6.33. The molecule has 2 nitrogen and oxygen atoms in total. The van der Waals surface area contributed by atoms with Gasteiger partial charge >= 0.3 is 85.1 Å². The third-order valence-electron chi connectivity index (χ3n) is 2.30. The van der Waals surface area contributed by atoms with Gasteiger partial charge in [-0.3, -0.25) is 0 Å². The van der Waals surface area contributed by atoms with Crippen LogP contribution < -0.4 is 9.27 Å². The van der Waals surface area contributed by atoms with Gasteiger partial charge in [-0.05, 0) is 0 Å². The Kier molecular flexibility index (Phi) is 2.56. The first kappa shape index (κ1) is 9.04. The zero-order valence-corrected chi connectivity index (χ0v) is 9.87. The van der Waals surface area contributed by atoms with Gasteiger partial charge in [0.25, 0.3) is 0 Å². The van der Waals surface area contributed by atoms with Crippen molar-refractivity contribution in [3.05, 3.63) is 23.9 Å². The Morgan fingerprint density at radius 1 is 1.54 bits per heavy atom. The van der Waals surface area contributed by atoms with Crippen molar-refractivity contribution in [2.45, 2.75) is 32.3 Å². The van der Waals surface area contributed by atoms with Gasteiger partial charge in [0.15, 0.2) is 0 Å². The fourth-order valence-electron chi connectivity index (χ4n) is 1.68. The summed E-state index contributed by atoms with van der Waals surface area (Å²) in [6.07, 6.45) is 4.50. The third-order valence-corrected chi connectivity index (χ3v) is 4.22. The molecule has 0 spiro atoms. The van der Waals surface area contributed by atoms with E-state index < -0.39 is 0 Å². The van der Waals surface area contributed by atoms with Crippen LogP contribution in [0.15, 0.2) is 18.2 Å². The molecular formula is C10H15N2Se+. The van der Waals surface area contributed by atoms with E-state index in [1.54, 1.807) is 0 Å². The van der Waals surface area contributed by atoms with Crippen molar-refractivity contribution in [2.24, 2.45) is 0 Å². The Morgan fingerprint density at radius 2 is 2.38 bits per heavy atom. The van der Waals surface area contributed by atoms with Crippen LogP contribution in [-0.2, 0) is 13.1 Å². The molecule has 0 N–H and O–H groups in total. The summed E-state index contributed by atoms with van der Waals surface area (Å²) in [6.45, 7) is 6.57. The average molecular weight is 242 g/mol. The summed E-state index contributed by atoms with van der Waals surface area (Å²) in [5.74, 6) is 0. The van der Waals surface area contributed by atoms with E-state index in [9.17, 15) is 0 Å². The second-order valence-corrected chi connectivity index (χ2v) is 5.89. The number of hydrogen-bond acceptors (Lipinski definition) is 0. The van der Waals surface area contributed by atoms with Gasteiger partial charge in [0.1, 0.15) is 0 Å². The van der Waals surface area contributed by atoms with Crippen molar-refractivity contribution in [2.75, 3.05) is 0 Å². The molecule has 1 aliphatic heterocycles. The number of rotatable bonds is 2. The van der Waals surface area contributed by atoms with E-state index in [0.29, 0.717) is 15.0 Å². The molecule has 13 heavy (non-hydrogen) atoms. The molecule has 0 radical (unpaired) electrons. The summed E-state index contributed by atoms with van der Waals surface area (Å²) in [7, 11) is 0. The number of allylic oxidation sites excluding steroid dienone is 2. The van der Waals surface area contributed by atoms with Crippen LogP contribution >= 0.6 is 0 Å². The molecule has 0 aromatic carbocycles. The molecule has 0 atom stereocenters. The summed E-state index contributed by atoms with van der Waals surface area (Å²) < 4.78 is 6.32. The molecule has 2 heterocycles. The Labute approximate surface area is 85.4 Å². The average Bonchev–Trinajstić information content (AvgIpc) is 2.46. The van der Waals surface area contributed by atoms with Crippen LogP contribution in [0.4, 0.5) is 0 Å². The van der Waals surface area contributed by atoms with E-state index in [1.165, 1.54) is 15.6 Å². The molecule has 0 fully saturated rings. The van der Waals surface area contributed by atoms with Gasteiger partial charge in [-0.15, -0.1) is 0 Å². The Morgan fingerprint density at radius 3 is 3.15 bits per heavy atom. The zero-order chi connectivity index (χ0) is 9.26. The van der Waals surface area contributed by atoms with Crippen LogP contribution in [0.25, 0.3) is 0 Å². The number of hydrogen-bond donors (Lipinski definition) is 0. The van der Waals surface area contributed by atoms with E-state index in [0.717, 1.165) is 13.1 Å². The third kappa shape index (κ3) is 1.59. The van der Waals surface area contributed by atoms with Crippen LogP contribution in [0.5, 0.6) is 0 Å². The van der Waals surface area contributed by atoms with Crippen molar-refractivity contribution < 1.29 is 4.68 Å². The van der Waals surface area contributed by atoms with Gasteiger partial charge < -0.3 is 0 Å². The van der Waals surface area contributed by atoms with Gasteiger partial charge in [-0.1, -0.05) is 0 Å². The first-order valence-electron chi connectivity index (χ1n) is 4.71. The van der Waals surface area contributed by atoms with Crippen LogP contribution in [0.2, 0.25) is 5.32 Å². The van der Waals surface area contributed by atoms with Gasteiger partial charge in [0, 0.05) is 0 Å². The summed E-state index contributed by atoms with van der Waals surface area (Å²) in [6, 6.07) is 2.34. The summed E-state index contributed by atoms with van der Waals surface area (Å²) in [4.78, 5) is 0. The molecule has 3 heteroatoms. The van der Waals surface area contributed by atoms with E-state index in [2.05, 4.69) is 41.4 Å². The fraction of sp³-hybridized carbons (Fsp3) is 0.500. The van der Waals surface area contributed by atoms with Crippen LogP contribution in [0.3, 0.4) is 0 Å². The fourth-order valence-corrected chi connectivity index (χ4v) is 3.51. The molecule has 0 saturated carbocycles. The van der Waals surface area contributed by atoms with E-state index in [-0.39, 0.29) is 0 Å². The quantitative estimate of drug-likeness (QED) is 0.404. The van der Waals surface area contributed by atoms with Gasteiger partial charge in [0.05, 0.1) is 0 Å². The van der Waals surface area contributed by atoms with Crippen molar-refractivity contribution in [1.29, 1.82) is 0 Å². The molecule has 1 aromatic heterocycles. The molecule has 1 aliphatic rings. The zero-order valence-electron chi connectivity index (χ0n) is 8.16. The molecule has 0 saturated heterocycles. The minimum absolute atomic E-state index is 0.654. The monoisotopic (exact) mass is 243 g/mol. The molecular weight excluding hydrogens is 227 g/mol. The minimum atomic E-state index is 0.654. The Balaban J connectivity index is 2.39. The number of aryl methyl sites for hydroxylation is 1. The van der Waals surface area contributed by atoms with Crippen molar-refractivity contribution in [3.8, 4) is 0 Å². The molecule has 70 valence electrons. The first-order valence-corrected chi connectivity index (χ1v) is 6.77. The number of fused-ring (bicyclic) bond motifs is 1. The summed E-state index contributed by atoms with van der Waals surface area (Å²) >= 11 is 0.654. The summed E-state index contributed by atoms with van der Waals surface area (Å²) in [5, 5.41) is 1.29. The maximum absolute atomic E-state index is 2.42. The number of aromatic nitrogens is 2. The van der Waals surface area contributed by atoms with Crippen molar-refractivity contribution in [3.63, 3.8) is 0 Å². The van der Waals surface area contributed by atoms with Crippen molar-refractivity contribution in [1.82, 2.24) is 4.68 Å². The SMILES string of the molecule is CC[Se]c1cc(C)n2[n+]1CC=CC2. The molecule has 0 unspecified atom stereocenters. The van der Waals surface area contributed by atoms with Gasteiger partial charge in [0.2, 0.25) is 0 Å². The molecule has 0 aliphatic carbocycles. The summed E-state index contributed by atoms with van der Waals surface area (Å²) in [5.41, 5.74) is 1.40. The number of nitrogens with zero attached hydrogens (tertiary/aromatic N) is 2. The second-order valence-electron chi connectivity index (χ2n) is 3.19. The topological polar surface area (TPSA) is 8.81 Å². The predicted molar refractivity (Wildman–Crippen MR) is 54.4 cm³/mol. The van der Waals surface area contributed by atoms with E-state index >= 15 is 0 Å². The Hall–Kier alpha value is -0.531.